The van der Waals surface area contributed by atoms with Gasteiger partial charge in [-0.05, 0) is 22.8 Å². The molecule has 1 amide bonds. The summed E-state index contributed by atoms with van der Waals surface area (Å²) in [5.74, 6) is -0.755. The van der Waals surface area contributed by atoms with Gasteiger partial charge < -0.3 is 10.0 Å². The molecule has 4 nitrogen and oxygen atoms in total. The number of rotatable bonds is 5. The summed E-state index contributed by atoms with van der Waals surface area (Å²) in [6, 6.07) is 24.3. The molecule has 5 heteroatoms. The van der Waals surface area contributed by atoms with Crippen molar-refractivity contribution in [3.05, 3.63) is 95.8 Å². The number of nitriles is 1. The Labute approximate surface area is 174 Å². The second-order valence-electron chi connectivity index (χ2n) is 7.41. The van der Waals surface area contributed by atoms with Crippen LogP contribution >= 0.6 is 0 Å². The molecule has 30 heavy (non-hydrogen) atoms. The molecule has 0 radical (unpaired) electrons. The van der Waals surface area contributed by atoms with Crippen molar-refractivity contribution in [2.24, 2.45) is 0 Å². The highest BCUT2D eigenvalue weighted by atomic mass is 19.1. The zero-order valence-electron chi connectivity index (χ0n) is 16.3. The number of aliphatic hydroxyl groups excluding tert-OH is 1. The molecule has 0 spiro atoms. The molecule has 1 aliphatic rings. The number of aliphatic hydroxyl groups is 1. The minimum absolute atomic E-state index is 0.175. The largest absolute Gasteiger partial charge is 0.394 e. The van der Waals surface area contributed by atoms with Crippen LogP contribution in [0, 0.1) is 17.1 Å². The molecule has 0 unspecified atom stereocenters. The Morgan fingerprint density at radius 2 is 1.67 bits per heavy atom. The first-order valence-corrected chi connectivity index (χ1v) is 9.84. The lowest BCUT2D eigenvalue weighted by Gasteiger charge is -2.51. The number of benzene rings is 3. The average molecular weight is 400 g/mol. The van der Waals surface area contributed by atoms with Crippen LogP contribution in [0.5, 0.6) is 0 Å². The smallest absolute Gasteiger partial charge is 0.228 e. The van der Waals surface area contributed by atoms with E-state index in [-0.39, 0.29) is 30.7 Å². The van der Waals surface area contributed by atoms with E-state index in [9.17, 15) is 19.6 Å². The average Bonchev–Trinajstić information content (AvgIpc) is 2.75. The highest BCUT2D eigenvalue weighted by Crippen LogP contribution is 2.41. The summed E-state index contributed by atoms with van der Waals surface area (Å²) in [5.41, 5.74) is 2.97. The van der Waals surface area contributed by atoms with Crippen LogP contribution < -0.4 is 0 Å². The molecule has 1 fully saturated rings. The van der Waals surface area contributed by atoms with Crippen molar-refractivity contribution in [2.75, 3.05) is 6.61 Å². The molecule has 4 rings (SSSR count). The van der Waals surface area contributed by atoms with Crippen molar-refractivity contribution >= 4 is 5.91 Å². The van der Waals surface area contributed by atoms with Gasteiger partial charge in [-0.15, -0.1) is 0 Å². The fourth-order valence-corrected chi connectivity index (χ4v) is 4.19. The van der Waals surface area contributed by atoms with Gasteiger partial charge in [-0.1, -0.05) is 72.8 Å². The quantitative estimate of drug-likeness (QED) is 0.706. The minimum Gasteiger partial charge on any atom is -0.394 e. The van der Waals surface area contributed by atoms with Gasteiger partial charge in [0.15, 0.2) is 0 Å². The lowest BCUT2D eigenvalue weighted by atomic mass is 9.75. The third-order valence-electron chi connectivity index (χ3n) is 5.70. The maximum atomic E-state index is 14.0. The van der Waals surface area contributed by atoms with E-state index in [0.29, 0.717) is 5.56 Å². The van der Waals surface area contributed by atoms with Gasteiger partial charge in [-0.3, -0.25) is 4.79 Å². The Kier molecular flexibility index (Phi) is 5.60. The number of hydrogen-bond donors (Lipinski definition) is 1. The van der Waals surface area contributed by atoms with Crippen molar-refractivity contribution in [3.63, 3.8) is 0 Å². The highest BCUT2D eigenvalue weighted by Gasteiger charge is 2.51. The second kappa shape index (κ2) is 8.48. The molecule has 3 aromatic carbocycles. The summed E-state index contributed by atoms with van der Waals surface area (Å²) in [6.07, 6.45) is 0.189. The van der Waals surface area contributed by atoms with Gasteiger partial charge in [-0.2, -0.15) is 5.26 Å². The topological polar surface area (TPSA) is 64.3 Å². The lowest BCUT2D eigenvalue weighted by Crippen LogP contribution is -2.65. The maximum absolute atomic E-state index is 14.0. The summed E-state index contributed by atoms with van der Waals surface area (Å²) < 4.78 is 14.0. The number of amides is 1. The summed E-state index contributed by atoms with van der Waals surface area (Å²) in [4.78, 5) is 14.3. The predicted octanol–water partition coefficient (Wildman–Crippen LogP) is 3.91. The van der Waals surface area contributed by atoms with Crippen molar-refractivity contribution in [3.8, 4) is 17.2 Å². The Hall–Kier alpha value is -3.49. The van der Waals surface area contributed by atoms with E-state index in [1.807, 2.05) is 54.6 Å². The molecule has 0 saturated carbocycles. The second-order valence-corrected chi connectivity index (χ2v) is 7.41. The molecule has 1 saturated heterocycles. The Morgan fingerprint density at radius 3 is 2.30 bits per heavy atom. The summed E-state index contributed by atoms with van der Waals surface area (Å²) in [5, 5.41) is 19.6. The first-order valence-electron chi connectivity index (χ1n) is 9.84. The van der Waals surface area contributed by atoms with E-state index in [1.165, 1.54) is 11.0 Å². The van der Waals surface area contributed by atoms with E-state index >= 15 is 0 Å². The van der Waals surface area contributed by atoms with Gasteiger partial charge in [0.1, 0.15) is 11.9 Å². The monoisotopic (exact) mass is 400 g/mol. The molecule has 0 aliphatic carbocycles. The number of nitrogens with zero attached hydrogens (tertiary/aromatic N) is 2. The molecule has 1 heterocycles. The summed E-state index contributed by atoms with van der Waals surface area (Å²) >= 11 is 0. The van der Waals surface area contributed by atoms with Crippen LogP contribution in [0.2, 0.25) is 0 Å². The van der Waals surface area contributed by atoms with Gasteiger partial charge >= 0.3 is 0 Å². The fraction of sp³-hybridized carbons (Fsp3) is 0.200. The van der Waals surface area contributed by atoms with Gasteiger partial charge in [-0.25, -0.2) is 4.39 Å². The fourth-order valence-electron chi connectivity index (χ4n) is 4.19. The maximum Gasteiger partial charge on any atom is 0.228 e. The standard InChI is InChI=1S/C25H21FN2O2/c26-21-9-5-4-8-20(21)18-10-12-19(13-11-18)25-22(15-27)28(23(25)16-29)24(30)14-17-6-2-1-3-7-17/h1-13,22-23,25,29H,14,16H2/t22-,23-,25-/m1/s1. The third kappa shape index (κ3) is 3.58. The van der Waals surface area contributed by atoms with E-state index < -0.39 is 12.1 Å². The molecule has 1 aliphatic heterocycles. The van der Waals surface area contributed by atoms with Crippen molar-refractivity contribution in [1.82, 2.24) is 4.90 Å². The van der Waals surface area contributed by atoms with Gasteiger partial charge in [0.2, 0.25) is 5.91 Å². The molecule has 0 aromatic heterocycles. The van der Waals surface area contributed by atoms with Gasteiger partial charge in [0.25, 0.3) is 0 Å². The molecule has 0 bridgehead atoms. The first kappa shape index (κ1) is 19.8. The van der Waals surface area contributed by atoms with E-state index in [2.05, 4.69) is 6.07 Å². The lowest BCUT2D eigenvalue weighted by molar-refractivity contribution is -0.146. The van der Waals surface area contributed by atoms with Crippen LogP contribution in [-0.2, 0) is 11.2 Å². The summed E-state index contributed by atoms with van der Waals surface area (Å²) in [6.45, 7) is -0.224. The molecule has 3 atom stereocenters. The predicted molar refractivity (Wildman–Crippen MR) is 112 cm³/mol. The Morgan fingerprint density at radius 1 is 1.00 bits per heavy atom. The number of carbonyl (C=O) groups excluding carboxylic acids is 1. The number of hydrogen-bond acceptors (Lipinski definition) is 3. The Bertz CT molecular complexity index is 1080. The normalized spacial score (nSPS) is 20.3. The van der Waals surface area contributed by atoms with Crippen LogP contribution in [0.1, 0.15) is 17.0 Å². The zero-order valence-corrected chi connectivity index (χ0v) is 16.3. The number of likely N-dealkylation sites (tertiary alicyclic amines) is 1. The van der Waals surface area contributed by atoms with Crippen molar-refractivity contribution in [1.29, 1.82) is 5.26 Å². The van der Waals surface area contributed by atoms with Crippen LogP contribution in [0.25, 0.3) is 11.1 Å². The molecular weight excluding hydrogens is 379 g/mol. The van der Waals surface area contributed by atoms with Crippen molar-refractivity contribution in [2.45, 2.75) is 24.4 Å². The van der Waals surface area contributed by atoms with Crippen LogP contribution in [0.3, 0.4) is 0 Å². The number of halogens is 1. The molecule has 150 valence electrons. The van der Waals surface area contributed by atoms with Crippen LogP contribution in [0.15, 0.2) is 78.9 Å². The molecule has 1 N–H and O–H groups in total. The van der Waals surface area contributed by atoms with Crippen molar-refractivity contribution < 1.29 is 14.3 Å². The zero-order chi connectivity index (χ0) is 21.1. The van der Waals surface area contributed by atoms with Crippen LogP contribution in [-0.4, -0.2) is 34.6 Å². The number of carbonyl (C=O) groups is 1. The van der Waals surface area contributed by atoms with Gasteiger partial charge in [0, 0.05) is 11.5 Å². The van der Waals surface area contributed by atoms with Gasteiger partial charge in [0.05, 0.1) is 25.1 Å². The van der Waals surface area contributed by atoms with E-state index in [1.54, 1.807) is 18.2 Å². The first-order chi connectivity index (χ1) is 14.6. The third-order valence-corrected chi connectivity index (χ3v) is 5.70. The molecular formula is C25H21FN2O2. The highest BCUT2D eigenvalue weighted by molar-refractivity contribution is 5.81. The SMILES string of the molecule is N#C[C@@H]1[C@@H](c2ccc(-c3ccccc3F)cc2)[C@@H](CO)N1C(=O)Cc1ccccc1. The van der Waals surface area contributed by atoms with E-state index in [0.717, 1.165) is 16.7 Å². The Balaban J connectivity index is 1.55. The molecule has 3 aromatic rings. The minimum atomic E-state index is -0.641. The van der Waals surface area contributed by atoms with E-state index in [4.69, 9.17) is 0 Å². The van der Waals surface area contributed by atoms with Crippen LogP contribution in [0.4, 0.5) is 4.39 Å². The summed E-state index contributed by atoms with van der Waals surface area (Å²) in [7, 11) is 0.